The predicted octanol–water partition coefficient (Wildman–Crippen LogP) is 2.54. The summed E-state index contributed by atoms with van der Waals surface area (Å²) in [6.45, 7) is 0. The van der Waals surface area contributed by atoms with E-state index in [1.54, 1.807) is 12.4 Å². The summed E-state index contributed by atoms with van der Waals surface area (Å²) >= 11 is 0. The van der Waals surface area contributed by atoms with E-state index in [1.165, 1.54) is 0 Å². The summed E-state index contributed by atoms with van der Waals surface area (Å²) in [4.78, 5) is 8.24. The van der Waals surface area contributed by atoms with Crippen LogP contribution in [0.3, 0.4) is 0 Å². The second-order valence-electron chi connectivity index (χ2n) is 4.02. The lowest BCUT2D eigenvalue weighted by Gasteiger charge is -1.99. The molecular weight excluding hydrogens is 224 g/mol. The van der Waals surface area contributed by atoms with Crippen molar-refractivity contribution in [1.82, 2.24) is 19.7 Å². The highest BCUT2D eigenvalue weighted by molar-refractivity contribution is 5.67. The van der Waals surface area contributed by atoms with Crippen LogP contribution in [0.4, 0.5) is 0 Å². The molecule has 18 heavy (non-hydrogen) atoms. The van der Waals surface area contributed by atoms with E-state index in [4.69, 9.17) is 0 Å². The second kappa shape index (κ2) is 4.41. The first-order valence-corrected chi connectivity index (χ1v) is 5.69. The number of aryl methyl sites for hydroxylation is 1. The van der Waals surface area contributed by atoms with Crippen molar-refractivity contribution in [3.05, 3.63) is 55.1 Å². The maximum atomic E-state index is 4.51. The van der Waals surface area contributed by atoms with Crippen molar-refractivity contribution in [2.45, 2.75) is 0 Å². The van der Waals surface area contributed by atoms with Crippen molar-refractivity contribution in [3.8, 4) is 22.5 Å². The summed E-state index contributed by atoms with van der Waals surface area (Å²) in [5, 5.41) is 4.51. The van der Waals surface area contributed by atoms with Gasteiger partial charge in [-0.05, 0) is 30.3 Å². The second-order valence-corrected chi connectivity index (χ2v) is 4.02. The topological polar surface area (TPSA) is 43.6 Å². The zero-order chi connectivity index (χ0) is 12.4. The first-order chi connectivity index (χ1) is 8.84. The van der Waals surface area contributed by atoms with Crippen LogP contribution in [-0.2, 0) is 7.05 Å². The van der Waals surface area contributed by atoms with Crippen LogP contribution in [0.5, 0.6) is 0 Å². The molecule has 0 fully saturated rings. The van der Waals surface area contributed by atoms with Crippen molar-refractivity contribution in [2.24, 2.45) is 7.05 Å². The Labute approximate surface area is 105 Å². The Morgan fingerprint density at radius 2 is 1.61 bits per heavy atom. The van der Waals surface area contributed by atoms with Gasteiger partial charge < -0.3 is 0 Å². The van der Waals surface area contributed by atoms with Crippen LogP contribution in [0, 0.1) is 0 Å². The maximum Gasteiger partial charge on any atom is 0.0945 e. The van der Waals surface area contributed by atoms with Gasteiger partial charge in [0.25, 0.3) is 0 Å². The molecule has 88 valence electrons. The van der Waals surface area contributed by atoms with E-state index in [-0.39, 0.29) is 0 Å². The molecule has 0 unspecified atom stereocenters. The van der Waals surface area contributed by atoms with Crippen LogP contribution < -0.4 is 0 Å². The van der Waals surface area contributed by atoms with Gasteiger partial charge in [0.2, 0.25) is 0 Å². The fourth-order valence-electron chi connectivity index (χ4n) is 1.91. The molecule has 0 radical (unpaired) electrons. The van der Waals surface area contributed by atoms with Gasteiger partial charge >= 0.3 is 0 Å². The molecule has 0 spiro atoms. The summed E-state index contributed by atoms with van der Waals surface area (Å²) in [6, 6.07) is 9.91. The van der Waals surface area contributed by atoms with Crippen molar-refractivity contribution in [2.75, 3.05) is 0 Å². The van der Waals surface area contributed by atoms with Gasteiger partial charge in [0.1, 0.15) is 0 Å². The van der Waals surface area contributed by atoms with Gasteiger partial charge in [-0.15, -0.1) is 0 Å². The fraction of sp³-hybridized carbons (Fsp3) is 0.0714. The van der Waals surface area contributed by atoms with Gasteiger partial charge in [0.05, 0.1) is 11.4 Å². The molecule has 0 atom stereocenters. The summed E-state index contributed by atoms with van der Waals surface area (Å²) < 4.78 is 1.86. The minimum absolute atomic E-state index is 0.921. The minimum Gasteiger partial charge on any atom is -0.267 e. The molecule has 3 rings (SSSR count). The minimum atomic E-state index is 0.921. The third-order valence-corrected chi connectivity index (χ3v) is 2.79. The van der Waals surface area contributed by atoms with E-state index >= 15 is 0 Å². The number of pyridine rings is 2. The molecule has 0 bridgehead atoms. The normalized spacial score (nSPS) is 10.5. The zero-order valence-corrected chi connectivity index (χ0v) is 9.99. The molecule has 3 aromatic rings. The number of hydrogen-bond acceptors (Lipinski definition) is 3. The van der Waals surface area contributed by atoms with Gasteiger partial charge in [-0.2, -0.15) is 5.10 Å². The first-order valence-electron chi connectivity index (χ1n) is 5.69. The lowest BCUT2D eigenvalue weighted by Crippen LogP contribution is -1.93. The van der Waals surface area contributed by atoms with Crippen LogP contribution in [0.1, 0.15) is 0 Å². The smallest absolute Gasteiger partial charge is 0.0945 e. The molecule has 4 nitrogen and oxygen atoms in total. The zero-order valence-electron chi connectivity index (χ0n) is 9.99. The number of hydrogen-bond donors (Lipinski definition) is 0. The third-order valence-electron chi connectivity index (χ3n) is 2.79. The summed E-state index contributed by atoms with van der Waals surface area (Å²) in [5.74, 6) is 0. The van der Waals surface area contributed by atoms with Crippen LogP contribution in [-0.4, -0.2) is 19.7 Å². The van der Waals surface area contributed by atoms with E-state index in [0.29, 0.717) is 0 Å². The summed E-state index contributed by atoms with van der Waals surface area (Å²) in [5.41, 5.74) is 4.04. The van der Waals surface area contributed by atoms with Gasteiger partial charge in [0.15, 0.2) is 0 Å². The molecule has 0 aliphatic heterocycles. The van der Waals surface area contributed by atoms with Crippen LogP contribution >= 0.6 is 0 Å². The van der Waals surface area contributed by atoms with E-state index in [9.17, 15) is 0 Å². The molecule has 0 aliphatic rings. The molecule has 3 aromatic heterocycles. The van der Waals surface area contributed by atoms with Crippen LogP contribution in [0.25, 0.3) is 22.5 Å². The Morgan fingerprint density at radius 1 is 0.944 bits per heavy atom. The molecule has 0 aromatic carbocycles. The molecular formula is C14H12N4. The molecule has 3 heterocycles. The van der Waals surface area contributed by atoms with Crippen molar-refractivity contribution >= 4 is 0 Å². The standard InChI is InChI=1S/C14H12N4/c1-18-14(12-5-3-7-16-10-12)8-13(17-18)11-4-2-6-15-9-11/h2-10H,1H3. The van der Waals surface area contributed by atoms with Crippen molar-refractivity contribution in [1.29, 1.82) is 0 Å². The molecule has 4 heteroatoms. The number of rotatable bonds is 2. The molecule has 0 saturated carbocycles. The lowest BCUT2D eigenvalue weighted by atomic mass is 10.1. The molecule has 0 saturated heterocycles. The van der Waals surface area contributed by atoms with Gasteiger partial charge in [-0.1, -0.05) is 0 Å². The first kappa shape index (κ1) is 10.7. The Balaban J connectivity index is 2.07. The highest BCUT2D eigenvalue weighted by Crippen LogP contribution is 2.24. The Bertz CT molecular complexity index is 644. The third kappa shape index (κ3) is 1.88. The average Bonchev–Trinajstić information content (AvgIpc) is 2.83. The van der Waals surface area contributed by atoms with E-state index in [0.717, 1.165) is 22.5 Å². The Hall–Kier alpha value is -2.49. The van der Waals surface area contributed by atoms with Crippen molar-refractivity contribution in [3.63, 3.8) is 0 Å². The SMILES string of the molecule is Cn1nc(-c2cccnc2)cc1-c1cccnc1. The largest absolute Gasteiger partial charge is 0.267 e. The number of aromatic nitrogens is 4. The number of nitrogens with zero attached hydrogens (tertiary/aromatic N) is 4. The summed E-state index contributed by atoms with van der Waals surface area (Å²) in [6.07, 6.45) is 7.18. The van der Waals surface area contributed by atoms with E-state index < -0.39 is 0 Å². The van der Waals surface area contributed by atoms with Gasteiger partial charge in [-0.25, -0.2) is 0 Å². The Morgan fingerprint density at radius 3 is 2.22 bits per heavy atom. The monoisotopic (exact) mass is 236 g/mol. The quantitative estimate of drug-likeness (QED) is 0.686. The maximum absolute atomic E-state index is 4.51. The molecule has 0 amide bonds. The van der Waals surface area contributed by atoms with Crippen LogP contribution in [0.15, 0.2) is 55.1 Å². The van der Waals surface area contributed by atoms with Gasteiger partial charge in [0, 0.05) is 43.0 Å². The highest BCUT2D eigenvalue weighted by Gasteiger charge is 2.08. The van der Waals surface area contributed by atoms with Crippen molar-refractivity contribution < 1.29 is 0 Å². The van der Waals surface area contributed by atoms with E-state index in [2.05, 4.69) is 15.1 Å². The summed E-state index contributed by atoms with van der Waals surface area (Å²) in [7, 11) is 1.93. The van der Waals surface area contributed by atoms with E-state index in [1.807, 2.05) is 54.5 Å². The van der Waals surface area contributed by atoms with Gasteiger partial charge in [-0.3, -0.25) is 14.6 Å². The molecule has 0 aliphatic carbocycles. The fourth-order valence-corrected chi connectivity index (χ4v) is 1.91. The lowest BCUT2D eigenvalue weighted by molar-refractivity contribution is 0.778. The highest BCUT2D eigenvalue weighted by atomic mass is 15.3. The molecule has 0 N–H and O–H groups in total. The average molecular weight is 236 g/mol. The predicted molar refractivity (Wildman–Crippen MR) is 69.7 cm³/mol. The Kier molecular flexibility index (Phi) is 2.61. The van der Waals surface area contributed by atoms with Crippen LogP contribution in [0.2, 0.25) is 0 Å².